The van der Waals surface area contributed by atoms with E-state index in [9.17, 15) is 9.59 Å². The average Bonchev–Trinajstić information content (AvgIpc) is 2.26. The molecule has 0 rings (SSSR count). The maximum absolute atomic E-state index is 10.9. The van der Waals surface area contributed by atoms with E-state index < -0.39 is 11.9 Å². The van der Waals surface area contributed by atoms with Gasteiger partial charge in [-0.15, -0.1) is 0 Å². The number of carboxylic acid groups (broad SMARTS) is 1. The predicted octanol–water partition coefficient (Wildman–Crippen LogP) is 0.578. The molecule has 0 aromatic carbocycles. The molecule has 0 aliphatic carbocycles. The van der Waals surface area contributed by atoms with Crippen LogP contribution in [-0.4, -0.2) is 47.1 Å². The minimum absolute atomic E-state index is 0.00350. The molecule has 3 N–H and O–H groups in total. The number of carboxylic acids is 1. The second-order valence-corrected chi connectivity index (χ2v) is 4.55. The highest BCUT2D eigenvalue weighted by molar-refractivity contribution is 5.86. The van der Waals surface area contributed by atoms with E-state index in [0.29, 0.717) is 5.57 Å². The molecule has 6 heteroatoms. The van der Waals surface area contributed by atoms with Crippen molar-refractivity contribution in [2.24, 2.45) is 5.41 Å². The van der Waals surface area contributed by atoms with E-state index in [1.54, 1.807) is 6.92 Å². The predicted molar refractivity (Wildman–Crippen MR) is 66.0 cm³/mol. The Bertz CT molecular complexity index is 282. The summed E-state index contributed by atoms with van der Waals surface area (Å²) in [6, 6.07) is 0. The number of aliphatic hydroxyl groups excluding tert-OH is 2. The van der Waals surface area contributed by atoms with Gasteiger partial charge in [-0.25, -0.2) is 4.79 Å². The molecule has 0 unspecified atom stereocenters. The zero-order valence-corrected chi connectivity index (χ0v) is 11.1. The molecule has 0 aliphatic heterocycles. The summed E-state index contributed by atoms with van der Waals surface area (Å²) in [5, 5.41) is 24.4. The van der Waals surface area contributed by atoms with Gasteiger partial charge in [0.2, 0.25) is 0 Å². The van der Waals surface area contributed by atoms with Crippen LogP contribution in [0.25, 0.3) is 0 Å². The van der Waals surface area contributed by atoms with Gasteiger partial charge in [-0.2, -0.15) is 0 Å². The molecule has 0 fully saturated rings. The molecular formula is C12H22O6. The van der Waals surface area contributed by atoms with Gasteiger partial charge < -0.3 is 20.1 Å². The van der Waals surface area contributed by atoms with Crippen LogP contribution in [0.15, 0.2) is 12.2 Å². The third-order valence-corrected chi connectivity index (χ3v) is 1.70. The number of carbonyl (C=O) groups excluding carboxylic acids is 1. The molecule has 0 aromatic rings. The Morgan fingerprint density at radius 2 is 1.78 bits per heavy atom. The summed E-state index contributed by atoms with van der Waals surface area (Å²) in [5.74, 6) is -1.37. The van der Waals surface area contributed by atoms with Crippen LogP contribution in [0.5, 0.6) is 0 Å². The van der Waals surface area contributed by atoms with Crippen LogP contribution in [0.3, 0.4) is 0 Å². The molecule has 0 atom stereocenters. The third-order valence-electron chi connectivity index (χ3n) is 1.70. The summed E-state index contributed by atoms with van der Waals surface area (Å²) in [6.45, 7) is 8.62. The summed E-state index contributed by atoms with van der Waals surface area (Å²) >= 11 is 0. The lowest BCUT2D eigenvalue weighted by molar-refractivity contribution is -0.142. The molecule has 18 heavy (non-hydrogen) atoms. The van der Waals surface area contributed by atoms with Gasteiger partial charge in [-0.05, 0) is 6.92 Å². The zero-order valence-electron chi connectivity index (χ0n) is 11.1. The van der Waals surface area contributed by atoms with Gasteiger partial charge in [0.15, 0.2) is 0 Å². The summed E-state index contributed by atoms with van der Waals surface area (Å²) in [4.78, 5) is 20.3. The lowest BCUT2D eigenvalue weighted by atomic mass is 9.97. The van der Waals surface area contributed by atoms with Gasteiger partial charge in [0.05, 0.1) is 26.2 Å². The first-order valence-corrected chi connectivity index (χ1v) is 5.42. The fourth-order valence-corrected chi connectivity index (χ4v) is 0.525. The Hall–Kier alpha value is -1.40. The Morgan fingerprint density at radius 3 is 2.00 bits per heavy atom. The largest absolute Gasteiger partial charge is 0.481 e. The standard InChI is InChI=1S/C9H16O3.C3H6O3/c1-7(2)8(11)12-6-9(3,4)5-10;4-2-1-3(5)6/h10H,1,5-6H2,2-4H3;4H,1-2H2,(H,5,6). The molecule has 106 valence electrons. The van der Waals surface area contributed by atoms with Gasteiger partial charge in [0.25, 0.3) is 0 Å². The van der Waals surface area contributed by atoms with E-state index in [-0.39, 0.29) is 31.7 Å². The maximum Gasteiger partial charge on any atom is 0.333 e. The minimum atomic E-state index is -0.961. The summed E-state index contributed by atoms with van der Waals surface area (Å²) in [5.41, 5.74) is 0.00853. The second kappa shape index (κ2) is 9.61. The molecule has 0 amide bonds. The lowest BCUT2D eigenvalue weighted by Gasteiger charge is -2.20. The number of hydrogen-bond donors (Lipinski definition) is 3. The van der Waals surface area contributed by atoms with E-state index in [2.05, 4.69) is 6.58 Å². The first-order valence-electron chi connectivity index (χ1n) is 5.42. The van der Waals surface area contributed by atoms with Crippen molar-refractivity contribution in [2.75, 3.05) is 19.8 Å². The van der Waals surface area contributed by atoms with Crippen molar-refractivity contribution in [2.45, 2.75) is 27.2 Å². The minimum Gasteiger partial charge on any atom is -0.481 e. The highest BCUT2D eigenvalue weighted by Gasteiger charge is 2.18. The third kappa shape index (κ3) is 12.7. The first-order chi connectivity index (χ1) is 8.16. The van der Waals surface area contributed by atoms with Crippen LogP contribution in [0.4, 0.5) is 0 Å². The highest BCUT2D eigenvalue weighted by atomic mass is 16.5. The van der Waals surface area contributed by atoms with Crippen LogP contribution in [0.2, 0.25) is 0 Å². The number of hydrogen-bond acceptors (Lipinski definition) is 5. The van der Waals surface area contributed by atoms with E-state index in [0.717, 1.165) is 0 Å². The Kier molecular flexibility index (Phi) is 10.1. The number of carbonyl (C=O) groups is 2. The summed E-state index contributed by atoms with van der Waals surface area (Å²) < 4.78 is 4.86. The van der Waals surface area contributed by atoms with Crippen LogP contribution in [0.1, 0.15) is 27.2 Å². The summed E-state index contributed by atoms with van der Waals surface area (Å²) in [6.07, 6.45) is -0.153. The molecule has 0 bridgehead atoms. The highest BCUT2D eigenvalue weighted by Crippen LogP contribution is 2.14. The van der Waals surface area contributed by atoms with E-state index in [4.69, 9.17) is 20.1 Å². The lowest BCUT2D eigenvalue weighted by Crippen LogP contribution is -2.25. The average molecular weight is 262 g/mol. The quantitative estimate of drug-likeness (QED) is 0.478. The van der Waals surface area contributed by atoms with E-state index in [1.165, 1.54) is 0 Å². The van der Waals surface area contributed by atoms with Gasteiger partial charge >= 0.3 is 11.9 Å². The van der Waals surface area contributed by atoms with Crippen LogP contribution in [0, 0.1) is 5.41 Å². The maximum atomic E-state index is 10.9. The molecule has 0 saturated carbocycles. The molecule has 0 saturated heterocycles. The van der Waals surface area contributed by atoms with Crippen molar-refractivity contribution >= 4 is 11.9 Å². The van der Waals surface area contributed by atoms with Crippen LogP contribution >= 0.6 is 0 Å². The SMILES string of the molecule is C=C(C)C(=O)OCC(C)(C)CO.O=C(O)CCO. The molecule has 0 spiro atoms. The molecular weight excluding hydrogens is 240 g/mol. The fourth-order valence-electron chi connectivity index (χ4n) is 0.525. The monoisotopic (exact) mass is 262 g/mol. The number of rotatable bonds is 6. The number of esters is 1. The molecule has 0 aliphatic rings. The molecule has 0 aromatic heterocycles. The molecule has 0 heterocycles. The first kappa shape index (κ1) is 19.0. The second-order valence-electron chi connectivity index (χ2n) is 4.55. The van der Waals surface area contributed by atoms with Crippen molar-refractivity contribution in [3.05, 3.63) is 12.2 Å². The van der Waals surface area contributed by atoms with Gasteiger partial charge in [0, 0.05) is 11.0 Å². The van der Waals surface area contributed by atoms with Crippen LogP contribution < -0.4 is 0 Å². The van der Waals surface area contributed by atoms with Crippen molar-refractivity contribution in [1.82, 2.24) is 0 Å². The number of ether oxygens (including phenoxy) is 1. The Balaban J connectivity index is 0. The van der Waals surface area contributed by atoms with Gasteiger partial charge in [-0.1, -0.05) is 20.4 Å². The normalized spacial score (nSPS) is 10.1. The van der Waals surface area contributed by atoms with Crippen molar-refractivity contribution in [3.8, 4) is 0 Å². The van der Waals surface area contributed by atoms with Crippen molar-refractivity contribution < 1.29 is 29.6 Å². The Morgan fingerprint density at radius 1 is 1.28 bits per heavy atom. The molecule has 0 radical (unpaired) electrons. The van der Waals surface area contributed by atoms with Gasteiger partial charge in [0.1, 0.15) is 0 Å². The van der Waals surface area contributed by atoms with E-state index in [1.807, 2.05) is 13.8 Å². The van der Waals surface area contributed by atoms with Crippen molar-refractivity contribution in [1.29, 1.82) is 0 Å². The number of aliphatic hydroxyl groups is 2. The van der Waals surface area contributed by atoms with Crippen molar-refractivity contribution in [3.63, 3.8) is 0 Å². The number of aliphatic carboxylic acids is 1. The van der Waals surface area contributed by atoms with E-state index >= 15 is 0 Å². The zero-order chi connectivity index (χ0) is 14.8. The topological polar surface area (TPSA) is 104 Å². The Labute approximate surface area is 107 Å². The van der Waals surface area contributed by atoms with Gasteiger partial charge in [-0.3, -0.25) is 4.79 Å². The smallest absolute Gasteiger partial charge is 0.333 e. The molecule has 6 nitrogen and oxygen atoms in total. The van der Waals surface area contributed by atoms with Crippen LogP contribution in [-0.2, 0) is 14.3 Å². The summed E-state index contributed by atoms with van der Waals surface area (Å²) in [7, 11) is 0. The fraction of sp³-hybridized carbons (Fsp3) is 0.667.